The van der Waals surface area contributed by atoms with Crippen LogP contribution in [0.15, 0.2) is 16.6 Å². The fourth-order valence-electron chi connectivity index (χ4n) is 1.59. The van der Waals surface area contributed by atoms with Crippen molar-refractivity contribution in [3.05, 3.63) is 38.1 Å². The highest BCUT2D eigenvalue weighted by atomic mass is 79.9. The van der Waals surface area contributed by atoms with Gasteiger partial charge in [0.25, 0.3) is 5.69 Å². The normalized spacial score (nSPS) is 11.6. The number of hydrogen-bond acceptors (Lipinski definition) is 6. The van der Waals surface area contributed by atoms with Crippen LogP contribution in [0.3, 0.4) is 0 Å². The van der Waals surface area contributed by atoms with Gasteiger partial charge in [0, 0.05) is 6.42 Å². The number of ether oxygens (including phenoxy) is 2. The van der Waals surface area contributed by atoms with Crippen LogP contribution in [-0.4, -0.2) is 23.5 Å². The number of halogens is 2. The number of carbonyl (C=O) groups is 2. The summed E-state index contributed by atoms with van der Waals surface area (Å²) in [6.07, 6.45) is -1.67. The van der Waals surface area contributed by atoms with Gasteiger partial charge in [0.05, 0.1) is 27.6 Å². The molecule has 1 rings (SSSR count). The fourth-order valence-corrected chi connectivity index (χ4v) is 1.95. The van der Waals surface area contributed by atoms with Gasteiger partial charge < -0.3 is 9.47 Å². The molecule has 0 aliphatic rings. The van der Waals surface area contributed by atoms with Gasteiger partial charge in [-0.1, -0.05) is 6.92 Å². The molecule has 1 atom stereocenters. The lowest BCUT2D eigenvalue weighted by atomic mass is 10.1. The Morgan fingerprint density at radius 1 is 1.41 bits per heavy atom. The van der Waals surface area contributed by atoms with E-state index in [-0.39, 0.29) is 23.1 Å². The molecular formula is C13H13BrFNO6. The second kappa shape index (κ2) is 7.83. The van der Waals surface area contributed by atoms with Gasteiger partial charge in [0.15, 0.2) is 0 Å². The molecule has 0 radical (unpaired) electrons. The Morgan fingerprint density at radius 2 is 2.05 bits per heavy atom. The molecular weight excluding hydrogens is 365 g/mol. The van der Waals surface area contributed by atoms with Crippen molar-refractivity contribution < 1.29 is 28.4 Å². The number of nitrogens with zero attached hydrogens (tertiary/aromatic N) is 1. The monoisotopic (exact) mass is 377 g/mol. The molecule has 22 heavy (non-hydrogen) atoms. The Hall–Kier alpha value is -2.03. The molecule has 0 aromatic heterocycles. The number of carbonyl (C=O) groups excluding carboxylic acids is 2. The predicted molar refractivity (Wildman–Crippen MR) is 76.5 cm³/mol. The summed E-state index contributed by atoms with van der Waals surface area (Å²) in [5.74, 6) is -2.58. The molecule has 0 heterocycles. The molecule has 0 saturated heterocycles. The lowest BCUT2D eigenvalue weighted by Crippen LogP contribution is -2.23. The SMILES string of the molecule is CCOC(=O)C(OC(=O)CC)c1cc(Br)c(F)cc1[N+](=O)[O-]. The van der Waals surface area contributed by atoms with E-state index in [1.165, 1.54) is 13.8 Å². The maximum absolute atomic E-state index is 13.5. The van der Waals surface area contributed by atoms with Crippen LogP contribution in [0.25, 0.3) is 0 Å². The Balaban J connectivity index is 3.39. The van der Waals surface area contributed by atoms with Gasteiger partial charge in [-0.25, -0.2) is 9.18 Å². The first-order valence-electron chi connectivity index (χ1n) is 6.31. The molecule has 0 fully saturated rings. The van der Waals surface area contributed by atoms with Crippen molar-refractivity contribution in [2.24, 2.45) is 0 Å². The minimum Gasteiger partial charge on any atom is -0.463 e. The van der Waals surface area contributed by atoms with Crippen LogP contribution in [0.2, 0.25) is 0 Å². The number of nitro groups is 1. The minimum atomic E-state index is -1.63. The Labute approximate surface area is 133 Å². The van der Waals surface area contributed by atoms with E-state index in [0.717, 1.165) is 6.07 Å². The van der Waals surface area contributed by atoms with Crippen molar-refractivity contribution in [3.63, 3.8) is 0 Å². The molecule has 0 aliphatic carbocycles. The molecule has 0 bridgehead atoms. The summed E-state index contributed by atoms with van der Waals surface area (Å²) in [6.45, 7) is 3.03. The average Bonchev–Trinajstić information content (AvgIpc) is 2.46. The maximum atomic E-state index is 13.5. The van der Waals surface area contributed by atoms with Crippen molar-refractivity contribution in [2.45, 2.75) is 26.4 Å². The van der Waals surface area contributed by atoms with Crippen LogP contribution in [-0.2, 0) is 19.1 Å². The topological polar surface area (TPSA) is 95.7 Å². The van der Waals surface area contributed by atoms with Gasteiger partial charge in [0.1, 0.15) is 5.82 Å². The third-order valence-electron chi connectivity index (χ3n) is 2.59. The van der Waals surface area contributed by atoms with Gasteiger partial charge in [-0.05, 0) is 28.9 Å². The summed E-state index contributed by atoms with van der Waals surface area (Å²) >= 11 is 2.88. The molecule has 1 unspecified atom stereocenters. The van der Waals surface area contributed by atoms with Crippen molar-refractivity contribution in [1.82, 2.24) is 0 Å². The number of hydrogen-bond donors (Lipinski definition) is 0. The zero-order chi connectivity index (χ0) is 16.9. The van der Waals surface area contributed by atoms with E-state index in [0.29, 0.717) is 6.07 Å². The van der Waals surface area contributed by atoms with Gasteiger partial charge in [-0.2, -0.15) is 0 Å². The first-order valence-corrected chi connectivity index (χ1v) is 7.10. The van der Waals surface area contributed by atoms with Crippen LogP contribution < -0.4 is 0 Å². The van der Waals surface area contributed by atoms with E-state index >= 15 is 0 Å². The summed E-state index contributed by atoms with van der Waals surface area (Å²) in [6, 6.07) is 1.67. The highest BCUT2D eigenvalue weighted by molar-refractivity contribution is 9.10. The summed E-state index contributed by atoms with van der Waals surface area (Å²) in [5.41, 5.74) is -0.943. The molecule has 120 valence electrons. The van der Waals surface area contributed by atoms with E-state index in [9.17, 15) is 24.1 Å². The molecule has 1 aromatic carbocycles. The summed E-state index contributed by atoms with van der Waals surface area (Å²) in [4.78, 5) is 33.6. The molecule has 0 aliphatic heterocycles. The third kappa shape index (κ3) is 4.23. The van der Waals surface area contributed by atoms with Gasteiger partial charge in [0.2, 0.25) is 6.10 Å². The second-order valence-corrected chi connectivity index (χ2v) is 4.91. The maximum Gasteiger partial charge on any atom is 0.352 e. The quantitative estimate of drug-likeness (QED) is 0.429. The first kappa shape index (κ1) is 18.0. The van der Waals surface area contributed by atoms with E-state index in [1.54, 1.807) is 0 Å². The lowest BCUT2D eigenvalue weighted by molar-refractivity contribution is -0.386. The Bertz CT molecular complexity index is 606. The van der Waals surface area contributed by atoms with Crippen molar-refractivity contribution in [2.75, 3.05) is 6.61 Å². The number of rotatable bonds is 6. The van der Waals surface area contributed by atoms with Crippen LogP contribution in [0.4, 0.5) is 10.1 Å². The van der Waals surface area contributed by atoms with Gasteiger partial charge in [-0.3, -0.25) is 14.9 Å². The Morgan fingerprint density at radius 3 is 2.55 bits per heavy atom. The zero-order valence-electron chi connectivity index (χ0n) is 11.8. The van der Waals surface area contributed by atoms with Crippen molar-refractivity contribution in [3.8, 4) is 0 Å². The van der Waals surface area contributed by atoms with Gasteiger partial charge >= 0.3 is 11.9 Å². The fraction of sp³-hybridized carbons (Fsp3) is 0.385. The van der Waals surface area contributed by atoms with Crippen LogP contribution in [0.5, 0.6) is 0 Å². The molecule has 0 saturated carbocycles. The molecule has 7 nitrogen and oxygen atoms in total. The number of esters is 2. The molecule has 1 aromatic rings. The van der Waals surface area contributed by atoms with E-state index in [4.69, 9.17) is 9.47 Å². The number of benzene rings is 1. The molecule has 9 heteroatoms. The second-order valence-electron chi connectivity index (χ2n) is 4.06. The molecule has 0 amide bonds. The van der Waals surface area contributed by atoms with E-state index in [2.05, 4.69) is 15.9 Å². The Kier molecular flexibility index (Phi) is 6.41. The third-order valence-corrected chi connectivity index (χ3v) is 3.20. The predicted octanol–water partition coefficient (Wildman–Crippen LogP) is 3.05. The minimum absolute atomic E-state index is 0.00479. The summed E-state index contributed by atoms with van der Waals surface area (Å²) in [5, 5.41) is 11.1. The van der Waals surface area contributed by atoms with E-state index in [1.807, 2.05) is 0 Å². The van der Waals surface area contributed by atoms with Gasteiger partial charge in [-0.15, -0.1) is 0 Å². The molecule has 0 spiro atoms. The highest BCUT2D eigenvalue weighted by Crippen LogP contribution is 2.33. The zero-order valence-corrected chi connectivity index (χ0v) is 13.4. The smallest absolute Gasteiger partial charge is 0.352 e. The molecule has 0 N–H and O–H groups in total. The largest absolute Gasteiger partial charge is 0.463 e. The summed E-state index contributed by atoms with van der Waals surface area (Å²) in [7, 11) is 0. The van der Waals surface area contributed by atoms with Crippen molar-refractivity contribution >= 4 is 33.6 Å². The van der Waals surface area contributed by atoms with E-state index < -0.39 is 34.5 Å². The highest BCUT2D eigenvalue weighted by Gasteiger charge is 2.33. The average molecular weight is 378 g/mol. The van der Waals surface area contributed by atoms with Crippen molar-refractivity contribution in [1.29, 1.82) is 0 Å². The lowest BCUT2D eigenvalue weighted by Gasteiger charge is -2.17. The summed E-state index contributed by atoms with van der Waals surface area (Å²) < 4.78 is 23.1. The first-order chi connectivity index (χ1) is 10.3. The van der Waals surface area contributed by atoms with Crippen LogP contribution >= 0.6 is 15.9 Å². The van der Waals surface area contributed by atoms with Crippen LogP contribution in [0.1, 0.15) is 31.9 Å². The van der Waals surface area contributed by atoms with Crippen LogP contribution in [0, 0.1) is 15.9 Å². The number of nitro benzene ring substituents is 1. The standard InChI is InChI=1S/C13H13BrFNO6/c1-3-11(17)22-12(13(18)21-4-2)7-5-8(14)9(15)6-10(7)16(19)20/h5-6,12H,3-4H2,1-2H3.